The Morgan fingerprint density at radius 2 is 1.68 bits per heavy atom. The van der Waals surface area contributed by atoms with Crippen LogP contribution in [0, 0.1) is 0 Å². The molecule has 2 N–H and O–H groups in total. The van der Waals surface area contributed by atoms with Crippen LogP contribution in [0.25, 0.3) is 0 Å². The van der Waals surface area contributed by atoms with Crippen molar-refractivity contribution >= 4 is 17.3 Å². The van der Waals surface area contributed by atoms with Gasteiger partial charge in [-0.25, -0.2) is 9.97 Å². The highest BCUT2D eigenvalue weighted by atomic mass is 19.4. The third kappa shape index (κ3) is 6.96. The highest BCUT2D eigenvalue weighted by molar-refractivity contribution is 5.67. The molecular formula is C21H28F3N5O2. The minimum absolute atomic E-state index is 0.274. The highest BCUT2D eigenvalue weighted by Gasteiger charge is 2.31. The molecular weight excluding hydrogens is 411 g/mol. The molecule has 2 aromatic rings. The normalized spacial score (nSPS) is 15.5. The van der Waals surface area contributed by atoms with Crippen LogP contribution in [0.4, 0.5) is 30.5 Å². The molecule has 1 aromatic heterocycles. The van der Waals surface area contributed by atoms with Gasteiger partial charge in [-0.1, -0.05) is 20.8 Å². The number of aromatic nitrogens is 2. The van der Waals surface area contributed by atoms with E-state index in [0.29, 0.717) is 11.5 Å². The Bertz CT molecular complexity index is 848. The van der Waals surface area contributed by atoms with E-state index < -0.39 is 6.36 Å². The van der Waals surface area contributed by atoms with Crippen LogP contribution in [0.5, 0.6) is 5.75 Å². The maximum atomic E-state index is 12.4. The summed E-state index contributed by atoms with van der Waals surface area (Å²) in [6.45, 7) is 11.1. The average molecular weight is 439 g/mol. The minimum atomic E-state index is -4.72. The number of morpholine rings is 1. The number of hydrogen-bond donors (Lipinski definition) is 2. The number of rotatable bonds is 7. The summed E-state index contributed by atoms with van der Waals surface area (Å²) >= 11 is 0. The molecule has 0 bridgehead atoms. The predicted octanol–water partition coefficient (Wildman–Crippen LogP) is 4.16. The molecule has 0 atom stereocenters. The van der Waals surface area contributed by atoms with Crippen molar-refractivity contribution in [2.24, 2.45) is 0 Å². The van der Waals surface area contributed by atoms with Gasteiger partial charge in [0, 0.05) is 37.4 Å². The van der Waals surface area contributed by atoms with E-state index in [2.05, 4.69) is 51.0 Å². The van der Waals surface area contributed by atoms with Crippen molar-refractivity contribution in [2.75, 3.05) is 50.0 Å². The summed E-state index contributed by atoms with van der Waals surface area (Å²) in [5.74, 6) is 1.05. The average Bonchev–Trinajstić information content (AvgIpc) is 2.68. The Morgan fingerprint density at radius 3 is 2.29 bits per heavy atom. The van der Waals surface area contributed by atoms with Gasteiger partial charge in [-0.15, -0.1) is 13.2 Å². The lowest BCUT2D eigenvalue weighted by atomic mass is 9.87. The molecule has 0 radical (unpaired) electrons. The Balaban J connectivity index is 1.73. The molecule has 1 fully saturated rings. The zero-order chi connectivity index (χ0) is 22.5. The van der Waals surface area contributed by atoms with Gasteiger partial charge in [-0.3, -0.25) is 4.90 Å². The molecule has 1 aliphatic heterocycles. The molecule has 0 aliphatic carbocycles. The summed E-state index contributed by atoms with van der Waals surface area (Å²) in [6, 6.07) is 5.55. The fraction of sp³-hybridized carbons (Fsp3) is 0.524. The van der Waals surface area contributed by atoms with Crippen molar-refractivity contribution in [1.82, 2.24) is 14.9 Å². The molecule has 2 heterocycles. The van der Waals surface area contributed by atoms with Gasteiger partial charge in [0.05, 0.1) is 13.2 Å². The summed E-state index contributed by atoms with van der Waals surface area (Å²) in [5.41, 5.74) is 1.22. The van der Waals surface area contributed by atoms with Crippen molar-refractivity contribution in [3.8, 4) is 5.75 Å². The van der Waals surface area contributed by atoms with Gasteiger partial charge in [-0.2, -0.15) is 0 Å². The molecule has 10 heteroatoms. The van der Waals surface area contributed by atoms with E-state index in [-0.39, 0.29) is 11.2 Å². The lowest BCUT2D eigenvalue weighted by Crippen LogP contribution is -2.39. The molecule has 1 aromatic carbocycles. The number of halogens is 3. The van der Waals surface area contributed by atoms with E-state index in [0.717, 1.165) is 50.8 Å². The van der Waals surface area contributed by atoms with Gasteiger partial charge in [0.15, 0.2) is 0 Å². The van der Waals surface area contributed by atoms with Crippen LogP contribution < -0.4 is 15.4 Å². The van der Waals surface area contributed by atoms with Crippen molar-refractivity contribution in [2.45, 2.75) is 32.5 Å². The Morgan fingerprint density at radius 1 is 1.03 bits per heavy atom. The van der Waals surface area contributed by atoms with Gasteiger partial charge in [0.1, 0.15) is 23.7 Å². The third-order valence-corrected chi connectivity index (χ3v) is 4.77. The number of hydrogen-bond acceptors (Lipinski definition) is 7. The van der Waals surface area contributed by atoms with E-state index in [9.17, 15) is 13.2 Å². The van der Waals surface area contributed by atoms with E-state index in [4.69, 9.17) is 4.74 Å². The lowest BCUT2D eigenvalue weighted by molar-refractivity contribution is -0.274. The molecule has 1 aliphatic rings. The van der Waals surface area contributed by atoms with E-state index in [1.54, 1.807) is 0 Å². The van der Waals surface area contributed by atoms with Crippen LogP contribution >= 0.6 is 0 Å². The monoisotopic (exact) mass is 439 g/mol. The fourth-order valence-electron chi connectivity index (χ4n) is 3.36. The maximum Gasteiger partial charge on any atom is 0.573 e. The predicted molar refractivity (Wildman–Crippen MR) is 113 cm³/mol. The van der Waals surface area contributed by atoms with Crippen LogP contribution in [0.1, 0.15) is 26.3 Å². The first-order valence-corrected chi connectivity index (χ1v) is 10.1. The van der Waals surface area contributed by atoms with E-state index in [1.165, 1.54) is 30.6 Å². The van der Waals surface area contributed by atoms with Gasteiger partial charge < -0.3 is 20.1 Å². The van der Waals surface area contributed by atoms with E-state index >= 15 is 0 Å². The Hall–Kier alpha value is -2.59. The number of nitrogens with one attached hydrogen (secondary N) is 2. The second-order valence-corrected chi connectivity index (χ2v) is 8.27. The first kappa shape index (κ1) is 23.1. The van der Waals surface area contributed by atoms with Crippen molar-refractivity contribution in [3.05, 3.63) is 36.2 Å². The summed E-state index contributed by atoms with van der Waals surface area (Å²) in [4.78, 5) is 11.1. The molecule has 3 rings (SSSR count). The highest BCUT2D eigenvalue weighted by Crippen LogP contribution is 2.35. The minimum Gasteiger partial charge on any atom is -0.406 e. The largest absolute Gasteiger partial charge is 0.573 e. The van der Waals surface area contributed by atoms with Crippen LogP contribution in [0.15, 0.2) is 30.6 Å². The number of ether oxygens (including phenoxy) is 2. The van der Waals surface area contributed by atoms with Gasteiger partial charge in [0.25, 0.3) is 0 Å². The molecule has 1 saturated heterocycles. The number of alkyl halides is 3. The van der Waals surface area contributed by atoms with E-state index in [1.807, 2.05) is 0 Å². The van der Waals surface area contributed by atoms with Crippen molar-refractivity contribution in [3.63, 3.8) is 0 Å². The second-order valence-electron chi connectivity index (χ2n) is 8.27. The molecule has 7 nitrogen and oxygen atoms in total. The van der Waals surface area contributed by atoms with Gasteiger partial charge in [-0.05, 0) is 29.7 Å². The first-order chi connectivity index (χ1) is 14.6. The SMILES string of the molecule is CC(C)(C)c1c(NCCN2CCOCC2)ncnc1Nc1ccc(OC(F)(F)F)cc1. The second kappa shape index (κ2) is 9.69. The van der Waals surface area contributed by atoms with Gasteiger partial charge in [0.2, 0.25) is 0 Å². The van der Waals surface area contributed by atoms with Crippen LogP contribution in [-0.2, 0) is 10.2 Å². The fourth-order valence-corrected chi connectivity index (χ4v) is 3.36. The van der Waals surface area contributed by atoms with Crippen molar-refractivity contribution < 1.29 is 22.6 Å². The zero-order valence-electron chi connectivity index (χ0n) is 17.9. The molecule has 170 valence electrons. The lowest BCUT2D eigenvalue weighted by Gasteiger charge is -2.28. The molecule has 0 unspecified atom stereocenters. The summed E-state index contributed by atoms with van der Waals surface area (Å²) < 4.78 is 46.4. The first-order valence-electron chi connectivity index (χ1n) is 10.1. The summed E-state index contributed by atoms with van der Waals surface area (Å²) in [5, 5.41) is 6.60. The third-order valence-electron chi connectivity index (χ3n) is 4.77. The summed E-state index contributed by atoms with van der Waals surface area (Å²) in [6.07, 6.45) is -3.25. The Kier molecular flexibility index (Phi) is 7.22. The number of benzene rings is 1. The molecule has 0 spiro atoms. The quantitative estimate of drug-likeness (QED) is 0.671. The van der Waals surface area contributed by atoms with Crippen LogP contribution in [0.2, 0.25) is 0 Å². The topological polar surface area (TPSA) is 71.5 Å². The molecule has 0 amide bonds. The molecule has 0 saturated carbocycles. The number of anilines is 3. The molecule has 31 heavy (non-hydrogen) atoms. The maximum absolute atomic E-state index is 12.4. The summed E-state index contributed by atoms with van der Waals surface area (Å²) in [7, 11) is 0. The Labute approximate surface area is 180 Å². The van der Waals surface area contributed by atoms with Crippen LogP contribution in [0.3, 0.4) is 0 Å². The van der Waals surface area contributed by atoms with Gasteiger partial charge >= 0.3 is 6.36 Å². The van der Waals surface area contributed by atoms with Crippen molar-refractivity contribution in [1.29, 1.82) is 0 Å². The van der Waals surface area contributed by atoms with Crippen LogP contribution in [-0.4, -0.2) is 60.6 Å². The standard InChI is InChI=1S/C21H28F3N5O2/c1-20(2,3)17-18(25-8-9-29-10-12-30-13-11-29)26-14-27-19(17)28-15-4-6-16(7-5-15)31-21(22,23)24/h4-7,14H,8-13H2,1-3H3,(H2,25,26,27,28). The smallest absolute Gasteiger partial charge is 0.406 e. The number of nitrogens with zero attached hydrogens (tertiary/aromatic N) is 3. The zero-order valence-corrected chi connectivity index (χ0v) is 17.9.